The van der Waals surface area contributed by atoms with Crippen molar-refractivity contribution in [2.45, 2.75) is 26.4 Å². The largest absolute Gasteiger partial charge is 0.355 e. The molecule has 0 amide bonds. The number of nitrogens with one attached hydrogen (secondary N) is 1. The molecule has 0 aliphatic heterocycles. The van der Waals surface area contributed by atoms with Crippen LogP contribution in [-0.2, 0) is 19.5 Å². The van der Waals surface area contributed by atoms with Gasteiger partial charge >= 0.3 is 0 Å². The molecule has 2 heterocycles. The topological polar surface area (TPSA) is 41.0 Å². The number of rotatable bonds is 6. The Labute approximate surface area is 120 Å². The summed E-state index contributed by atoms with van der Waals surface area (Å²) >= 11 is 0. The quantitative estimate of drug-likeness (QED) is 0.875. The monoisotopic (exact) mass is 270 g/mol. The van der Waals surface area contributed by atoms with Gasteiger partial charge in [0, 0.05) is 38.2 Å². The maximum absolute atomic E-state index is 4.71. The van der Waals surface area contributed by atoms with Crippen molar-refractivity contribution in [3.05, 3.63) is 53.5 Å². The lowest BCUT2D eigenvalue weighted by atomic mass is 10.2. The molecule has 1 N–H and O–H groups in total. The van der Waals surface area contributed by atoms with Gasteiger partial charge in [-0.2, -0.15) is 0 Å². The Balaban J connectivity index is 2.19. The first-order valence-electron chi connectivity index (χ1n) is 6.97. The molecule has 4 heteroatoms. The minimum absolute atomic E-state index is 0.835. The Bertz CT molecular complexity index is 539. The molecule has 0 atom stereocenters. The highest BCUT2D eigenvalue weighted by Crippen LogP contribution is 2.16. The molecule has 0 aliphatic rings. The van der Waals surface area contributed by atoms with Gasteiger partial charge in [0.25, 0.3) is 0 Å². The van der Waals surface area contributed by atoms with Gasteiger partial charge in [-0.15, -0.1) is 0 Å². The predicted molar refractivity (Wildman–Crippen MR) is 82.7 cm³/mol. The van der Waals surface area contributed by atoms with Crippen molar-refractivity contribution in [2.24, 2.45) is 0 Å². The number of aryl methyl sites for hydroxylation is 1. The Morgan fingerprint density at radius 1 is 1.15 bits per heavy atom. The van der Waals surface area contributed by atoms with Crippen LogP contribution in [0.3, 0.4) is 0 Å². The lowest BCUT2D eigenvalue weighted by Crippen LogP contribution is -2.19. The summed E-state index contributed by atoms with van der Waals surface area (Å²) in [4.78, 5) is 10.9. The summed E-state index contributed by atoms with van der Waals surface area (Å²) < 4.78 is 0. The van der Waals surface area contributed by atoms with Crippen LogP contribution in [0.5, 0.6) is 0 Å². The minimum atomic E-state index is 0.835. The Morgan fingerprint density at radius 2 is 1.90 bits per heavy atom. The molecule has 0 spiro atoms. The number of anilines is 1. The highest BCUT2D eigenvalue weighted by atomic mass is 15.2. The van der Waals surface area contributed by atoms with E-state index in [0.717, 1.165) is 31.0 Å². The number of pyridine rings is 2. The van der Waals surface area contributed by atoms with Crippen LogP contribution in [-0.4, -0.2) is 24.1 Å². The standard InChI is InChI=1S/C16H22N4/c1-4-15-9-14(11-17-2)10-16(19-15)20(3)12-13-5-7-18-8-6-13/h5-10,17H,4,11-12H2,1-3H3. The summed E-state index contributed by atoms with van der Waals surface area (Å²) in [5, 5.41) is 3.20. The van der Waals surface area contributed by atoms with Crippen LogP contribution in [0.2, 0.25) is 0 Å². The lowest BCUT2D eigenvalue weighted by Gasteiger charge is -2.20. The van der Waals surface area contributed by atoms with Gasteiger partial charge in [0.2, 0.25) is 0 Å². The SMILES string of the molecule is CCc1cc(CNC)cc(N(C)Cc2ccncc2)n1. The second-order valence-electron chi connectivity index (χ2n) is 4.92. The lowest BCUT2D eigenvalue weighted by molar-refractivity contribution is 0.805. The smallest absolute Gasteiger partial charge is 0.129 e. The van der Waals surface area contributed by atoms with Gasteiger partial charge in [-0.3, -0.25) is 4.98 Å². The van der Waals surface area contributed by atoms with E-state index in [2.05, 4.69) is 41.3 Å². The summed E-state index contributed by atoms with van der Waals surface area (Å²) in [7, 11) is 4.04. The first-order chi connectivity index (χ1) is 9.72. The van der Waals surface area contributed by atoms with E-state index in [1.165, 1.54) is 11.1 Å². The summed E-state index contributed by atoms with van der Waals surface area (Å²) in [6.07, 6.45) is 4.60. The molecule has 2 aromatic heterocycles. The maximum Gasteiger partial charge on any atom is 0.129 e. The molecule has 0 bridgehead atoms. The van der Waals surface area contributed by atoms with Crippen molar-refractivity contribution in [3.8, 4) is 0 Å². The van der Waals surface area contributed by atoms with E-state index in [4.69, 9.17) is 4.98 Å². The molecule has 0 aromatic carbocycles. The Kier molecular flexibility index (Phi) is 5.07. The zero-order chi connectivity index (χ0) is 14.4. The number of hydrogen-bond donors (Lipinski definition) is 1. The van der Waals surface area contributed by atoms with E-state index in [1.54, 1.807) is 0 Å². The molecule has 2 rings (SSSR count). The third kappa shape index (κ3) is 3.78. The van der Waals surface area contributed by atoms with Gasteiger partial charge in [0.1, 0.15) is 5.82 Å². The molecular formula is C16H22N4. The van der Waals surface area contributed by atoms with Crippen LogP contribution in [0.1, 0.15) is 23.7 Å². The molecule has 0 saturated heterocycles. The highest BCUT2D eigenvalue weighted by Gasteiger charge is 2.07. The fraction of sp³-hybridized carbons (Fsp3) is 0.375. The minimum Gasteiger partial charge on any atom is -0.355 e. The van der Waals surface area contributed by atoms with E-state index < -0.39 is 0 Å². The molecule has 106 valence electrons. The van der Waals surface area contributed by atoms with Gasteiger partial charge in [-0.1, -0.05) is 6.92 Å². The average molecular weight is 270 g/mol. The zero-order valence-electron chi connectivity index (χ0n) is 12.4. The molecule has 0 fully saturated rings. The van der Waals surface area contributed by atoms with Crippen LogP contribution in [0.4, 0.5) is 5.82 Å². The third-order valence-electron chi connectivity index (χ3n) is 3.23. The van der Waals surface area contributed by atoms with E-state index in [9.17, 15) is 0 Å². The second-order valence-corrected chi connectivity index (χ2v) is 4.92. The van der Waals surface area contributed by atoms with Crippen molar-refractivity contribution >= 4 is 5.82 Å². The van der Waals surface area contributed by atoms with Crippen molar-refractivity contribution < 1.29 is 0 Å². The molecule has 0 saturated carbocycles. The fourth-order valence-corrected chi connectivity index (χ4v) is 2.16. The van der Waals surface area contributed by atoms with Gasteiger partial charge < -0.3 is 10.2 Å². The molecule has 0 radical (unpaired) electrons. The van der Waals surface area contributed by atoms with Crippen LogP contribution in [0, 0.1) is 0 Å². The normalized spacial score (nSPS) is 10.6. The number of nitrogens with zero attached hydrogens (tertiary/aromatic N) is 3. The fourth-order valence-electron chi connectivity index (χ4n) is 2.16. The van der Waals surface area contributed by atoms with E-state index in [1.807, 2.05) is 31.6 Å². The number of aromatic nitrogens is 2. The first kappa shape index (κ1) is 14.5. The third-order valence-corrected chi connectivity index (χ3v) is 3.23. The maximum atomic E-state index is 4.71. The summed E-state index contributed by atoms with van der Waals surface area (Å²) in [6.45, 7) is 3.84. The van der Waals surface area contributed by atoms with Crippen molar-refractivity contribution in [1.82, 2.24) is 15.3 Å². The van der Waals surface area contributed by atoms with E-state index in [-0.39, 0.29) is 0 Å². The van der Waals surface area contributed by atoms with Crippen LogP contribution < -0.4 is 10.2 Å². The molecule has 4 nitrogen and oxygen atoms in total. The van der Waals surface area contributed by atoms with Gasteiger partial charge in [0.05, 0.1) is 0 Å². The van der Waals surface area contributed by atoms with Crippen LogP contribution >= 0.6 is 0 Å². The molecule has 2 aromatic rings. The van der Waals surface area contributed by atoms with Crippen LogP contribution in [0.15, 0.2) is 36.7 Å². The molecular weight excluding hydrogens is 248 g/mol. The van der Waals surface area contributed by atoms with Crippen molar-refractivity contribution in [1.29, 1.82) is 0 Å². The second kappa shape index (κ2) is 7.01. The molecule has 20 heavy (non-hydrogen) atoms. The molecule has 0 aliphatic carbocycles. The first-order valence-corrected chi connectivity index (χ1v) is 6.97. The van der Waals surface area contributed by atoms with E-state index >= 15 is 0 Å². The molecule has 0 unspecified atom stereocenters. The van der Waals surface area contributed by atoms with Crippen LogP contribution in [0.25, 0.3) is 0 Å². The Morgan fingerprint density at radius 3 is 2.55 bits per heavy atom. The van der Waals surface area contributed by atoms with Gasteiger partial charge in [-0.25, -0.2) is 4.98 Å². The van der Waals surface area contributed by atoms with Gasteiger partial charge in [0.15, 0.2) is 0 Å². The average Bonchev–Trinajstić information content (AvgIpc) is 2.48. The summed E-state index contributed by atoms with van der Waals surface area (Å²) in [5.74, 6) is 1.02. The summed E-state index contributed by atoms with van der Waals surface area (Å²) in [5.41, 5.74) is 3.65. The van der Waals surface area contributed by atoms with Crippen molar-refractivity contribution in [3.63, 3.8) is 0 Å². The van der Waals surface area contributed by atoms with E-state index in [0.29, 0.717) is 0 Å². The highest BCUT2D eigenvalue weighted by molar-refractivity contribution is 5.42. The zero-order valence-corrected chi connectivity index (χ0v) is 12.4. The van der Waals surface area contributed by atoms with Gasteiger partial charge in [-0.05, 0) is 48.9 Å². The summed E-state index contributed by atoms with van der Waals surface area (Å²) in [6, 6.07) is 8.39. The van der Waals surface area contributed by atoms with Crippen molar-refractivity contribution in [2.75, 3.05) is 19.0 Å². The Hall–Kier alpha value is -1.94. The number of hydrogen-bond acceptors (Lipinski definition) is 4. The predicted octanol–water partition coefficient (Wildman–Crippen LogP) is 2.39.